The number of hydrogen-bond acceptors (Lipinski definition) is 4. The number of rotatable bonds is 5. The van der Waals surface area contributed by atoms with Crippen LogP contribution in [0.25, 0.3) is 0 Å². The van der Waals surface area contributed by atoms with Crippen LogP contribution in [0.1, 0.15) is 51.4 Å². The van der Waals surface area contributed by atoms with Gasteiger partial charge in [-0.3, -0.25) is 4.79 Å². The summed E-state index contributed by atoms with van der Waals surface area (Å²) < 4.78 is 5.56. The zero-order chi connectivity index (χ0) is 15.1. The van der Waals surface area contributed by atoms with E-state index in [2.05, 4.69) is 0 Å². The predicted octanol–water partition coefficient (Wildman–Crippen LogP) is 1.29. The maximum absolute atomic E-state index is 12.9. The number of likely N-dealkylation sites (tertiary alicyclic amines) is 1. The number of carbonyl (C=O) groups excluding carboxylic acids is 1. The van der Waals surface area contributed by atoms with Gasteiger partial charge >= 0.3 is 0 Å². The molecule has 2 aliphatic rings. The maximum Gasteiger partial charge on any atom is 0.230 e. The Labute approximate surface area is 127 Å². The molecule has 2 fully saturated rings. The van der Waals surface area contributed by atoms with Crippen molar-refractivity contribution >= 4 is 5.91 Å². The van der Waals surface area contributed by atoms with Crippen LogP contribution >= 0.6 is 0 Å². The first kappa shape index (κ1) is 16.7. The second-order valence-electron chi connectivity index (χ2n) is 6.48. The smallest absolute Gasteiger partial charge is 0.230 e. The number of nitrogens with two attached hydrogens (primary N) is 1. The van der Waals surface area contributed by atoms with E-state index in [0.29, 0.717) is 13.2 Å². The Hall–Kier alpha value is -0.650. The van der Waals surface area contributed by atoms with Gasteiger partial charge in [0.1, 0.15) is 0 Å². The molecule has 0 spiro atoms. The number of piperidine rings is 1. The molecular weight excluding hydrogens is 268 g/mol. The molecule has 3 N–H and O–H groups in total. The molecule has 1 amide bonds. The van der Waals surface area contributed by atoms with Crippen LogP contribution in [0.4, 0.5) is 0 Å². The van der Waals surface area contributed by atoms with Gasteiger partial charge in [-0.05, 0) is 25.7 Å². The summed E-state index contributed by atoms with van der Waals surface area (Å²) in [6.45, 7) is 2.46. The highest BCUT2D eigenvalue weighted by atomic mass is 16.5. The quantitative estimate of drug-likeness (QED) is 0.750. The number of hydrogen-bond donors (Lipinski definition) is 2. The molecule has 0 aromatic heterocycles. The van der Waals surface area contributed by atoms with Gasteiger partial charge < -0.3 is 20.5 Å². The van der Waals surface area contributed by atoms with Crippen LogP contribution in [0, 0.1) is 5.41 Å². The van der Waals surface area contributed by atoms with Gasteiger partial charge in [0, 0.05) is 19.6 Å². The standard InChI is InChI=1S/C16H30N2O3/c17-13-16(7-3-1-2-4-8-16)15(20)18-9-5-14(6-10-18)21-12-11-19/h14,19H,1-13,17H2. The van der Waals surface area contributed by atoms with E-state index in [0.717, 1.165) is 51.6 Å². The first-order valence-electron chi connectivity index (χ1n) is 8.44. The van der Waals surface area contributed by atoms with Gasteiger partial charge in [-0.25, -0.2) is 0 Å². The van der Waals surface area contributed by atoms with Gasteiger partial charge in [-0.1, -0.05) is 25.7 Å². The largest absolute Gasteiger partial charge is 0.394 e. The summed E-state index contributed by atoms with van der Waals surface area (Å²) >= 11 is 0. The Morgan fingerprint density at radius 1 is 1.19 bits per heavy atom. The Morgan fingerprint density at radius 3 is 2.33 bits per heavy atom. The lowest BCUT2D eigenvalue weighted by atomic mass is 9.78. The molecule has 0 aromatic rings. The first-order chi connectivity index (χ1) is 10.2. The minimum atomic E-state index is -0.310. The number of aliphatic hydroxyl groups is 1. The zero-order valence-corrected chi connectivity index (χ0v) is 13.1. The van der Waals surface area contributed by atoms with Crippen LogP contribution in [0.5, 0.6) is 0 Å². The molecule has 122 valence electrons. The number of aliphatic hydroxyl groups excluding tert-OH is 1. The number of carbonyl (C=O) groups is 1. The van der Waals surface area contributed by atoms with Gasteiger partial charge in [0.25, 0.3) is 0 Å². The summed E-state index contributed by atoms with van der Waals surface area (Å²) in [7, 11) is 0. The summed E-state index contributed by atoms with van der Waals surface area (Å²) in [6.07, 6.45) is 8.52. The third-order valence-corrected chi connectivity index (χ3v) is 5.08. The number of ether oxygens (including phenoxy) is 1. The monoisotopic (exact) mass is 298 g/mol. The van der Waals surface area contributed by atoms with Crippen LogP contribution in [-0.2, 0) is 9.53 Å². The fourth-order valence-corrected chi connectivity index (χ4v) is 3.69. The molecule has 0 unspecified atom stereocenters. The van der Waals surface area contributed by atoms with Crippen LogP contribution in [0.3, 0.4) is 0 Å². The SMILES string of the molecule is NCC1(C(=O)N2CCC(OCCO)CC2)CCCCCC1. The van der Waals surface area contributed by atoms with Crippen molar-refractivity contribution in [1.82, 2.24) is 4.90 Å². The molecule has 5 nitrogen and oxygen atoms in total. The molecule has 1 saturated carbocycles. The maximum atomic E-state index is 12.9. The van der Waals surface area contributed by atoms with Crippen molar-refractivity contribution in [1.29, 1.82) is 0 Å². The summed E-state index contributed by atoms with van der Waals surface area (Å²) in [4.78, 5) is 14.9. The highest BCUT2D eigenvalue weighted by molar-refractivity contribution is 5.83. The molecule has 0 radical (unpaired) electrons. The highest BCUT2D eigenvalue weighted by Crippen LogP contribution is 2.36. The Morgan fingerprint density at radius 2 is 1.81 bits per heavy atom. The zero-order valence-electron chi connectivity index (χ0n) is 13.1. The molecule has 0 aromatic carbocycles. The molecule has 1 heterocycles. The Kier molecular flexibility index (Phi) is 6.45. The third-order valence-electron chi connectivity index (χ3n) is 5.08. The van der Waals surface area contributed by atoms with Gasteiger partial charge in [0.15, 0.2) is 0 Å². The molecule has 1 aliphatic heterocycles. The second kappa shape index (κ2) is 8.11. The summed E-state index contributed by atoms with van der Waals surface area (Å²) in [5.74, 6) is 0.271. The molecule has 5 heteroatoms. The molecule has 21 heavy (non-hydrogen) atoms. The molecule has 0 atom stereocenters. The predicted molar refractivity (Wildman–Crippen MR) is 81.8 cm³/mol. The fourth-order valence-electron chi connectivity index (χ4n) is 3.69. The molecular formula is C16H30N2O3. The fraction of sp³-hybridized carbons (Fsp3) is 0.938. The number of amides is 1. The van der Waals surface area contributed by atoms with E-state index in [9.17, 15) is 4.79 Å². The van der Waals surface area contributed by atoms with Crippen LogP contribution < -0.4 is 5.73 Å². The Balaban J connectivity index is 1.90. The van der Waals surface area contributed by atoms with Gasteiger partial charge in [-0.2, -0.15) is 0 Å². The van der Waals surface area contributed by atoms with E-state index in [4.69, 9.17) is 15.6 Å². The van der Waals surface area contributed by atoms with Gasteiger partial charge in [-0.15, -0.1) is 0 Å². The lowest BCUT2D eigenvalue weighted by Crippen LogP contribution is -2.51. The molecule has 2 rings (SSSR count). The summed E-state index contributed by atoms with van der Waals surface area (Å²) in [5.41, 5.74) is 5.70. The lowest BCUT2D eigenvalue weighted by Gasteiger charge is -2.39. The van der Waals surface area contributed by atoms with Crippen molar-refractivity contribution in [2.75, 3.05) is 32.8 Å². The van der Waals surface area contributed by atoms with Gasteiger partial charge in [0.2, 0.25) is 5.91 Å². The van der Waals surface area contributed by atoms with E-state index in [-0.39, 0.29) is 24.0 Å². The first-order valence-corrected chi connectivity index (χ1v) is 8.44. The average molecular weight is 298 g/mol. The average Bonchev–Trinajstić information content (AvgIpc) is 2.79. The normalized spacial score (nSPS) is 23.8. The van der Waals surface area contributed by atoms with Crippen molar-refractivity contribution in [2.24, 2.45) is 11.1 Å². The van der Waals surface area contributed by atoms with Crippen molar-refractivity contribution in [3.8, 4) is 0 Å². The number of nitrogens with zero attached hydrogens (tertiary/aromatic N) is 1. The summed E-state index contributed by atoms with van der Waals surface area (Å²) in [6, 6.07) is 0. The lowest BCUT2D eigenvalue weighted by molar-refractivity contribution is -0.145. The van der Waals surface area contributed by atoms with Gasteiger partial charge in [0.05, 0.1) is 24.7 Å². The minimum absolute atomic E-state index is 0.0649. The molecule has 0 bridgehead atoms. The molecule has 1 saturated heterocycles. The second-order valence-corrected chi connectivity index (χ2v) is 6.48. The van der Waals surface area contributed by atoms with Crippen molar-refractivity contribution in [3.63, 3.8) is 0 Å². The van der Waals surface area contributed by atoms with Crippen molar-refractivity contribution in [2.45, 2.75) is 57.5 Å². The molecule has 1 aliphatic carbocycles. The van der Waals surface area contributed by atoms with Crippen LogP contribution in [0.15, 0.2) is 0 Å². The van der Waals surface area contributed by atoms with E-state index in [1.165, 1.54) is 12.8 Å². The summed E-state index contributed by atoms with van der Waals surface area (Å²) in [5, 5.41) is 8.80. The van der Waals surface area contributed by atoms with Crippen LogP contribution in [-0.4, -0.2) is 54.9 Å². The van der Waals surface area contributed by atoms with Crippen molar-refractivity contribution in [3.05, 3.63) is 0 Å². The van der Waals surface area contributed by atoms with Crippen molar-refractivity contribution < 1.29 is 14.6 Å². The topological polar surface area (TPSA) is 75.8 Å². The van der Waals surface area contributed by atoms with E-state index < -0.39 is 0 Å². The van der Waals surface area contributed by atoms with E-state index >= 15 is 0 Å². The van der Waals surface area contributed by atoms with E-state index in [1.807, 2.05) is 4.90 Å². The van der Waals surface area contributed by atoms with Crippen LogP contribution in [0.2, 0.25) is 0 Å². The third kappa shape index (κ3) is 4.18. The highest BCUT2D eigenvalue weighted by Gasteiger charge is 2.40. The minimum Gasteiger partial charge on any atom is -0.394 e. The Bertz CT molecular complexity index is 319. The van der Waals surface area contributed by atoms with E-state index in [1.54, 1.807) is 0 Å².